The van der Waals surface area contributed by atoms with Gasteiger partial charge in [0.05, 0.1) is 5.75 Å². The fraction of sp³-hybridized carbons (Fsp3) is 0.154. The van der Waals surface area contributed by atoms with Gasteiger partial charge in [0.25, 0.3) is 0 Å². The summed E-state index contributed by atoms with van der Waals surface area (Å²) >= 11 is 1.44. The molecule has 3 N–H and O–H groups in total. The maximum Gasteiger partial charge on any atom is 0.237 e. The molecule has 0 unspecified atom stereocenters. The molecule has 1 amide bonds. The van der Waals surface area contributed by atoms with Crippen LogP contribution in [0.1, 0.15) is 5.56 Å². The standard InChI is InChI=1S/C13H14N4OS/c1-9-3-4-10(14)7-11(9)19-8-12(18)17-13-15-5-2-6-16-13/h2-7H,8,14H2,1H3,(H,15,16,17,18). The molecule has 19 heavy (non-hydrogen) atoms. The summed E-state index contributed by atoms with van der Waals surface area (Å²) in [7, 11) is 0. The molecule has 0 saturated heterocycles. The largest absolute Gasteiger partial charge is 0.399 e. The molecule has 1 heterocycles. The van der Waals surface area contributed by atoms with E-state index in [0.717, 1.165) is 10.5 Å². The summed E-state index contributed by atoms with van der Waals surface area (Å²) < 4.78 is 0. The van der Waals surface area contributed by atoms with E-state index in [1.54, 1.807) is 18.5 Å². The second-order valence-electron chi connectivity index (χ2n) is 3.93. The number of aromatic nitrogens is 2. The van der Waals surface area contributed by atoms with Crippen LogP contribution in [0.25, 0.3) is 0 Å². The molecular weight excluding hydrogens is 260 g/mol. The number of nitrogens with zero attached hydrogens (tertiary/aromatic N) is 2. The van der Waals surface area contributed by atoms with Crippen LogP contribution in [0, 0.1) is 6.92 Å². The number of nitrogen functional groups attached to an aromatic ring is 1. The van der Waals surface area contributed by atoms with Gasteiger partial charge in [-0.1, -0.05) is 6.07 Å². The molecule has 98 valence electrons. The number of carbonyl (C=O) groups excluding carboxylic acids is 1. The van der Waals surface area contributed by atoms with E-state index in [-0.39, 0.29) is 5.91 Å². The first kappa shape index (κ1) is 13.4. The Morgan fingerprint density at radius 3 is 2.84 bits per heavy atom. The molecule has 0 fully saturated rings. The summed E-state index contributed by atoms with van der Waals surface area (Å²) in [5.41, 5.74) is 7.52. The topological polar surface area (TPSA) is 80.9 Å². The predicted molar refractivity (Wildman–Crippen MR) is 77.0 cm³/mol. The maximum absolute atomic E-state index is 11.7. The first-order valence-corrected chi connectivity index (χ1v) is 6.69. The van der Waals surface area contributed by atoms with E-state index in [1.807, 2.05) is 25.1 Å². The maximum atomic E-state index is 11.7. The second kappa shape index (κ2) is 6.19. The Kier molecular flexibility index (Phi) is 4.35. The lowest BCUT2D eigenvalue weighted by molar-refractivity contribution is -0.113. The van der Waals surface area contributed by atoms with Crippen LogP contribution in [0.3, 0.4) is 0 Å². The Hall–Kier alpha value is -2.08. The monoisotopic (exact) mass is 274 g/mol. The van der Waals surface area contributed by atoms with Crippen molar-refractivity contribution in [3.8, 4) is 0 Å². The summed E-state index contributed by atoms with van der Waals surface area (Å²) in [6.45, 7) is 1.99. The molecule has 0 radical (unpaired) electrons. The summed E-state index contributed by atoms with van der Waals surface area (Å²) in [5.74, 6) is 0.471. The summed E-state index contributed by atoms with van der Waals surface area (Å²) in [6, 6.07) is 7.35. The third-order valence-electron chi connectivity index (χ3n) is 2.39. The molecule has 0 spiro atoms. The number of amides is 1. The molecule has 0 aliphatic rings. The number of rotatable bonds is 4. The molecule has 0 aliphatic carbocycles. The minimum absolute atomic E-state index is 0.141. The Labute approximate surface area is 115 Å². The molecule has 1 aromatic heterocycles. The van der Waals surface area contributed by atoms with Gasteiger partial charge in [-0.25, -0.2) is 9.97 Å². The minimum atomic E-state index is -0.141. The van der Waals surface area contributed by atoms with Gasteiger partial charge in [-0.2, -0.15) is 0 Å². The van der Waals surface area contributed by atoms with E-state index in [0.29, 0.717) is 17.4 Å². The van der Waals surface area contributed by atoms with Crippen molar-refractivity contribution in [3.63, 3.8) is 0 Å². The molecular formula is C13H14N4OS. The number of hydrogen-bond donors (Lipinski definition) is 2. The highest BCUT2D eigenvalue weighted by Gasteiger charge is 2.06. The molecule has 0 saturated carbocycles. The predicted octanol–water partition coefficient (Wildman–Crippen LogP) is 2.10. The quantitative estimate of drug-likeness (QED) is 0.659. The molecule has 0 bridgehead atoms. The SMILES string of the molecule is Cc1ccc(N)cc1SCC(=O)Nc1ncccn1. The Bertz CT molecular complexity index is 574. The highest BCUT2D eigenvalue weighted by Crippen LogP contribution is 2.24. The molecule has 2 rings (SSSR count). The van der Waals surface area contributed by atoms with Crippen molar-refractivity contribution in [3.05, 3.63) is 42.2 Å². The van der Waals surface area contributed by atoms with Crippen molar-refractivity contribution in [2.24, 2.45) is 0 Å². The van der Waals surface area contributed by atoms with Gasteiger partial charge in [-0.15, -0.1) is 11.8 Å². The van der Waals surface area contributed by atoms with E-state index >= 15 is 0 Å². The first-order chi connectivity index (χ1) is 9.15. The van der Waals surface area contributed by atoms with Crippen molar-refractivity contribution in [1.82, 2.24) is 9.97 Å². The Morgan fingerprint density at radius 1 is 1.37 bits per heavy atom. The molecule has 2 aromatic rings. The fourth-order valence-corrected chi connectivity index (χ4v) is 2.31. The zero-order chi connectivity index (χ0) is 13.7. The molecule has 6 heteroatoms. The highest BCUT2D eigenvalue weighted by atomic mass is 32.2. The van der Waals surface area contributed by atoms with Crippen LogP contribution in [0.4, 0.5) is 11.6 Å². The lowest BCUT2D eigenvalue weighted by Gasteiger charge is -2.06. The van der Waals surface area contributed by atoms with Gasteiger partial charge in [0, 0.05) is 23.0 Å². The van der Waals surface area contributed by atoms with Crippen LogP contribution >= 0.6 is 11.8 Å². The van der Waals surface area contributed by atoms with Crippen molar-refractivity contribution >= 4 is 29.3 Å². The lowest BCUT2D eigenvalue weighted by atomic mass is 10.2. The minimum Gasteiger partial charge on any atom is -0.399 e. The van der Waals surface area contributed by atoms with Crippen LogP contribution < -0.4 is 11.1 Å². The van der Waals surface area contributed by atoms with Gasteiger partial charge in [0.2, 0.25) is 11.9 Å². The fourth-order valence-electron chi connectivity index (χ4n) is 1.44. The van der Waals surface area contributed by atoms with Gasteiger partial charge >= 0.3 is 0 Å². The molecule has 0 aliphatic heterocycles. The zero-order valence-electron chi connectivity index (χ0n) is 10.5. The second-order valence-corrected chi connectivity index (χ2v) is 4.95. The van der Waals surface area contributed by atoms with E-state index in [2.05, 4.69) is 15.3 Å². The average Bonchev–Trinajstić information content (AvgIpc) is 2.41. The van der Waals surface area contributed by atoms with Crippen molar-refractivity contribution in [2.75, 3.05) is 16.8 Å². The van der Waals surface area contributed by atoms with E-state index in [4.69, 9.17) is 5.73 Å². The summed E-state index contributed by atoms with van der Waals surface area (Å²) in [6.07, 6.45) is 3.16. The average molecular weight is 274 g/mol. The third kappa shape index (κ3) is 3.96. The van der Waals surface area contributed by atoms with Gasteiger partial charge in [0.1, 0.15) is 0 Å². The van der Waals surface area contributed by atoms with E-state index < -0.39 is 0 Å². The normalized spacial score (nSPS) is 10.2. The van der Waals surface area contributed by atoms with Crippen LogP contribution in [-0.2, 0) is 4.79 Å². The van der Waals surface area contributed by atoms with Crippen molar-refractivity contribution in [2.45, 2.75) is 11.8 Å². The number of aryl methyl sites for hydroxylation is 1. The molecule has 5 nitrogen and oxygen atoms in total. The molecule has 1 aromatic carbocycles. The third-order valence-corrected chi connectivity index (χ3v) is 3.55. The number of nitrogens with two attached hydrogens (primary N) is 1. The number of anilines is 2. The van der Waals surface area contributed by atoms with Gasteiger partial charge < -0.3 is 5.73 Å². The Balaban J connectivity index is 1.92. The van der Waals surface area contributed by atoms with Crippen LogP contribution in [-0.4, -0.2) is 21.6 Å². The highest BCUT2D eigenvalue weighted by molar-refractivity contribution is 8.00. The number of hydrogen-bond acceptors (Lipinski definition) is 5. The zero-order valence-corrected chi connectivity index (χ0v) is 11.3. The van der Waals surface area contributed by atoms with Crippen LogP contribution in [0.15, 0.2) is 41.6 Å². The smallest absolute Gasteiger partial charge is 0.237 e. The van der Waals surface area contributed by atoms with Crippen LogP contribution in [0.2, 0.25) is 0 Å². The number of carbonyl (C=O) groups is 1. The number of benzene rings is 1. The van der Waals surface area contributed by atoms with E-state index in [1.165, 1.54) is 11.8 Å². The summed E-state index contributed by atoms with van der Waals surface area (Å²) in [5, 5.41) is 2.63. The number of nitrogens with one attached hydrogen (secondary N) is 1. The summed E-state index contributed by atoms with van der Waals surface area (Å²) in [4.78, 5) is 20.6. The lowest BCUT2D eigenvalue weighted by Crippen LogP contribution is -2.15. The van der Waals surface area contributed by atoms with Crippen LogP contribution in [0.5, 0.6) is 0 Å². The van der Waals surface area contributed by atoms with E-state index in [9.17, 15) is 4.79 Å². The van der Waals surface area contributed by atoms with Gasteiger partial charge in [-0.05, 0) is 30.7 Å². The molecule has 0 atom stereocenters. The Morgan fingerprint density at radius 2 is 2.11 bits per heavy atom. The van der Waals surface area contributed by atoms with Gasteiger partial charge in [-0.3, -0.25) is 10.1 Å². The van der Waals surface area contributed by atoms with Crippen molar-refractivity contribution < 1.29 is 4.79 Å². The van der Waals surface area contributed by atoms with Crippen molar-refractivity contribution in [1.29, 1.82) is 0 Å². The van der Waals surface area contributed by atoms with Gasteiger partial charge in [0.15, 0.2) is 0 Å². The first-order valence-electron chi connectivity index (χ1n) is 5.71. The number of thioether (sulfide) groups is 1.